The van der Waals surface area contributed by atoms with E-state index in [1.165, 1.54) is 5.56 Å². The van der Waals surface area contributed by atoms with E-state index >= 15 is 0 Å². The Bertz CT molecular complexity index is 350. The second-order valence-electron chi connectivity index (χ2n) is 4.89. The lowest BCUT2D eigenvalue weighted by atomic mass is 10.0. The summed E-state index contributed by atoms with van der Waals surface area (Å²) in [6, 6.07) is 5.93. The zero-order chi connectivity index (χ0) is 12.8. The minimum Gasteiger partial charge on any atom is -0.508 e. The predicted octanol–water partition coefficient (Wildman–Crippen LogP) is 2.30. The summed E-state index contributed by atoms with van der Waals surface area (Å²) in [4.78, 5) is 2.18. The molecule has 0 spiro atoms. The molecule has 0 bridgehead atoms. The second-order valence-corrected chi connectivity index (χ2v) is 4.89. The summed E-state index contributed by atoms with van der Waals surface area (Å²) in [5.41, 5.74) is 2.16. The van der Waals surface area contributed by atoms with Gasteiger partial charge in [-0.2, -0.15) is 0 Å². The highest BCUT2D eigenvalue weighted by molar-refractivity contribution is 5.37. The third kappa shape index (κ3) is 4.75. The van der Waals surface area contributed by atoms with E-state index in [0.29, 0.717) is 5.75 Å². The Morgan fingerprint density at radius 2 is 2.06 bits per heavy atom. The van der Waals surface area contributed by atoms with Crippen molar-refractivity contribution < 1.29 is 5.11 Å². The third-order valence-electron chi connectivity index (χ3n) is 2.88. The highest BCUT2D eigenvalue weighted by atomic mass is 16.3. The number of nitrogens with one attached hydrogen (secondary N) is 1. The van der Waals surface area contributed by atoms with Crippen molar-refractivity contribution in [1.82, 2.24) is 10.2 Å². The number of phenolic OH excluding ortho intramolecular Hbond substituents is 1. The van der Waals surface area contributed by atoms with Gasteiger partial charge in [-0.3, -0.25) is 0 Å². The number of nitrogens with zero attached hydrogens (tertiary/aromatic N) is 1. The molecule has 0 aromatic heterocycles. The summed E-state index contributed by atoms with van der Waals surface area (Å²) in [6.07, 6.45) is 1.11. The van der Waals surface area contributed by atoms with Gasteiger partial charge < -0.3 is 15.3 Å². The van der Waals surface area contributed by atoms with Crippen molar-refractivity contribution in [2.45, 2.75) is 26.3 Å². The molecule has 17 heavy (non-hydrogen) atoms. The van der Waals surface area contributed by atoms with E-state index in [9.17, 15) is 5.11 Å². The Morgan fingerprint density at radius 1 is 1.35 bits per heavy atom. The molecule has 0 saturated carbocycles. The number of hydrogen-bond donors (Lipinski definition) is 2. The molecule has 1 aromatic carbocycles. The SMILES string of the molecule is Cc1ccc(O)c(C(C)NCCCN(C)C)c1. The van der Waals surface area contributed by atoms with Crippen LogP contribution in [0, 0.1) is 6.92 Å². The van der Waals surface area contributed by atoms with Gasteiger partial charge in [-0.25, -0.2) is 0 Å². The molecule has 1 aromatic rings. The normalized spacial score (nSPS) is 13.0. The average Bonchev–Trinajstić information content (AvgIpc) is 2.27. The lowest BCUT2D eigenvalue weighted by Crippen LogP contribution is -2.23. The first kappa shape index (κ1) is 14.0. The molecular formula is C14H24N2O. The van der Waals surface area contributed by atoms with Crippen molar-refractivity contribution in [3.05, 3.63) is 29.3 Å². The standard InChI is InChI=1S/C14H24N2O/c1-11-6-7-14(17)13(10-11)12(2)15-8-5-9-16(3)4/h6-7,10,12,15,17H,5,8-9H2,1-4H3. The van der Waals surface area contributed by atoms with Crippen molar-refractivity contribution in [3.63, 3.8) is 0 Å². The summed E-state index contributed by atoms with van der Waals surface area (Å²) in [6.45, 7) is 6.18. The molecule has 0 aliphatic rings. The van der Waals surface area contributed by atoms with Gasteiger partial charge in [0, 0.05) is 11.6 Å². The number of rotatable bonds is 6. The van der Waals surface area contributed by atoms with E-state index in [1.807, 2.05) is 19.1 Å². The van der Waals surface area contributed by atoms with Gasteiger partial charge in [0.2, 0.25) is 0 Å². The average molecular weight is 236 g/mol. The number of benzene rings is 1. The first-order valence-corrected chi connectivity index (χ1v) is 6.18. The van der Waals surface area contributed by atoms with Crippen LogP contribution in [0.2, 0.25) is 0 Å². The summed E-state index contributed by atoms with van der Waals surface area (Å²) in [5, 5.41) is 13.2. The minimum absolute atomic E-state index is 0.192. The van der Waals surface area contributed by atoms with E-state index in [2.05, 4.69) is 31.2 Å². The van der Waals surface area contributed by atoms with Gasteiger partial charge in [0.25, 0.3) is 0 Å². The van der Waals surface area contributed by atoms with Gasteiger partial charge >= 0.3 is 0 Å². The molecule has 1 rings (SSSR count). The summed E-state index contributed by atoms with van der Waals surface area (Å²) < 4.78 is 0. The summed E-state index contributed by atoms with van der Waals surface area (Å²) in [5.74, 6) is 0.378. The molecule has 0 aliphatic carbocycles. The van der Waals surface area contributed by atoms with Gasteiger partial charge in [-0.05, 0) is 53.5 Å². The predicted molar refractivity (Wildman–Crippen MR) is 72.4 cm³/mol. The molecule has 96 valence electrons. The van der Waals surface area contributed by atoms with Gasteiger partial charge in [-0.1, -0.05) is 17.7 Å². The van der Waals surface area contributed by atoms with Crippen LogP contribution in [0.3, 0.4) is 0 Å². The lowest BCUT2D eigenvalue weighted by molar-refractivity contribution is 0.387. The first-order valence-electron chi connectivity index (χ1n) is 6.18. The molecule has 0 radical (unpaired) electrons. The van der Waals surface area contributed by atoms with Crippen LogP contribution >= 0.6 is 0 Å². The van der Waals surface area contributed by atoms with Gasteiger partial charge in [0.15, 0.2) is 0 Å². The van der Waals surface area contributed by atoms with E-state index < -0.39 is 0 Å². The molecule has 0 saturated heterocycles. The summed E-state index contributed by atoms with van der Waals surface area (Å²) in [7, 11) is 4.16. The Balaban J connectivity index is 2.46. The fraction of sp³-hybridized carbons (Fsp3) is 0.571. The molecule has 1 unspecified atom stereocenters. The highest BCUT2D eigenvalue weighted by Crippen LogP contribution is 2.24. The van der Waals surface area contributed by atoms with E-state index in [0.717, 1.165) is 25.1 Å². The third-order valence-corrected chi connectivity index (χ3v) is 2.88. The van der Waals surface area contributed by atoms with Crippen LogP contribution in [0.4, 0.5) is 0 Å². The van der Waals surface area contributed by atoms with E-state index in [1.54, 1.807) is 6.07 Å². The van der Waals surface area contributed by atoms with Crippen molar-refractivity contribution in [2.24, 2.45) is 0 Å². The number of hydrogen-bond acceptors (Lipinski definition) is 3. The summed E-state index contributed by atoms with van der Waals surface area (Å²) >= 11 is 0. The Kier molecular flexibility index (Phi) is 5.45. The van der Waals surface area contributed by atoms with Crippen LogP contribution in [0.5, 0.6) is 5.75 Å². The topological polar surface area (TPSA) is 35.5 Å². The van der Waals surface area contributed by atoms with Crippen LogP contribution in [0.25, 0.3) is 0 Å². The number of aromatic hydroxyl groups is 1. The van der Waals surface area contributed by atoms with E-state index in [-0.39, 0.29) is 6.04 Å². The van der Waals surface area contributed by atoms with Crippen LogP contribution < -0.4 is 5.32 Å². The zero-order valence-corrected chi connectivity index (χ0v) is 11.3. The van der Waals surface area contributed by atoms with Crippen molar-refractivity contribution >= 4 is 0 Å². The van der Waals surface area contributed by atoms with Crippen LogP contribution in [0.1, 0.15) is 30.5 Å². The molecule has 0 aliphatic heterocycles. The Labute approximate surface area is 104 Å². The molecule has 2 N–H and O–H groups in total. The zero-order valence-electron chi connectivity index (χ0n) is 11.3. The van der Waals surface area contributed by atoms with Crippen LogP contribution in [-0.2, 0) is 0 Å². The number of aryl methyl sites for hydroxylation is 1. The lowest BCUT2D eigenvalue weighted by Gasteiger charge is -2.17. The molecule has 1 atom stereocenters. The molecule has 0 heterocycles. The monoisotopic (exact) mass is 236 g/mol. The minimum atomic E-state index is 0.192. The quantitative estimate of drug-likeness (QED) is 0.744. The van der Waals surface area contributed by atoms with Crippen LogP contribution in [0.15, 0.2) is 18.2 Å². The molecule has 0 fully saturated rings. The maximum atomic E-state index is 9.80. The highest BCUT2D eigenvalue weighted by Gasteiger charge is 2.09. The van der Waals surface area contributed by atoms with Crippen LogP contribution in [-0.4, -0.2) is 37.2 Å². The maximum Gasteiger partial charge on any atom is 0.120 e. The van der Waals surface area contributed by atoms with Gasteiger partial charge in [0.05, 0.1) is 0 Å². The molecule has 3 nitrogen and oxygen atoms in total. The second kappa shape index (κ2) is 6.62. The fourth-order valence-corrected chi connectivity index (χ4v) is 1.84. The van der Waals surface area contributed by atoms with Gasteiger partial charge in [0.1, 0.15) is 5.75 Å². The van der Waals surface area contributed by atoms with E-state index in [4.69, 9.17) is 0 Å². The molecule has 3 heteroatoms. The number of phenols is 1. The smallest absolute Gasteiger partial charge is 0.120 e. The Hall–Kier alpha value is -1.06. The Morgan fingerprint density at radius 3 is 2.71 bits per heavy atom. The largest absolute Gasteiger partial charge is 0.508 e. The van der Waals surface area contributed by atoms with Crippen molar-refractivity contribution in [2.75, 3.05) is 27.2 Å². The molecule has 0 amide bonds. The maximum absolute atomic E-state index is 9.80. The molecular weight excluding hydrogens is 212 g/mol. The van der Waals surface area contributed by atoms with Crippen molar-refractivity contribution in [1.29, 1.82) is 0 Å². The van der Waals surface area contributed by atoms with Crippen molar-refractivity contribution in [3.8, 4) is 5.75 Å². The fourth-order valence-electron chi connectivity index (χ4n) is 1.84. The van der Waals surface area contributed by atoms with Gasteiger partial charge in [-0.15, -0.1) is 0 Å². The first-order chi connectivity index (χ1) is 8.00.